The van der Waals surface area contributed by atoms with Crippen LogP contribution >= 0.6 is 0 Å². The predicted molar refractivity (Wildman–Crippen MR) is 80.8 cm³/mol. The number of hydrogen-bond donors (Lipinski definition) is 1. The molecule has 0 heterocycles. The van der Waals surface area contributed by atoms with Crippen molar-refractivity contribution in [3.05, 3.63) is 35.4 Å². The molecule has 0 spiro atoms. The normalized spacial score (nSPS) is 11.3. The molecule has 1 aromatic carbocycles. The Labute approximate surface area is 117 Å². The molecule has 0 fully saturated rings. The van der Waals surface area contributed by atoms with Gasteiger partial charge in [0.1, 0.15) is 0 Å². The minimum absolute atomic E-state index is 0.126. The molecular weight excluding hydrogens is 234 g/mol. The van der Waals surface area contributed by atoms with Crippen molar-refractivity contribution in [3.8, 4) is 11.8 Å². The third-order valence-electron chi connectivity index (χ3n) is 2.59. The Morgan fingerprint density at radius 1 is 1.26 bits per heavy atom. The lowest BCUT2D eigenvalue weighted by atomic mass is 9.96. The summed E-state index contributed by atoms with van der Waals surface area (Å²) < 4.78 is 0. The van der Waals surface area contributed by atoms with E-state index in [-0.39, 0.29) is 6.61 Å². The molecule has 0 bridgehead atoms. The van der Waals surface area contributed by atoms with Crippen molar-refractivity contribution in [2.45, 2.75) is 33.7 Å². The highest BCUT2D eigenvalue weighted by atomic mass is 16.2. The van der Waals surface area contributed by atoms with Crippen LogP contribution in [0.5, 0.6) is 0 Å². The van der Waals surface area contributed by atoms with Gasteiger partial charge in [0.2, 0.25) is 0 Å². The molecule has 0 aliphatic carbocycles. The Balaban J connectivity index is 2.65. The van der Waals surface area contributed by atoms with Crippen LogP contribution in [0.4, 0.5) is 0 Å². The molecule has 104 valence electrons. The molecule has 0 unspecified atom stereocenters. The molecular formula is C17H25NO. The molecule has 1 N–H and O–H groups in total. The summed E-state index contributed by atoms with van der Waals surface area (Å²) in [4.78, 5) is 2.33. The second-order valence-electron chi connectivity index (χ2n) is 6.21. The van der Waals surface area contributed by atoms with Crippen molar-refractivity contribution in [3.63, 3.8) is 0 Å². The monoisotopic (exact) mass is 259 g/mol. The maximum Gasteiger partial charge on any atom is 0.0540 e. The zero-order valence-corrected chi connectivity index (χ0v) is 12.5. The van der Waals surface area contributed by atoms with E-state index >= 15 is 0 Å². The van der Waals surface area contributed by atoms with Crippen molar-refractivity contribution < 1.29 is 5.11 Å². The fourth-order valence-corrected chi connectivity index (χ4v) is 2.15. The Hall–Kier alpha value is -1.30. The molecule has 0 aliphatic heterocycles. The summed E-state index contributed by atoms with van der Waals surface area (Å²) in [6.45, 7) is 8.88. The first-order valence-electron chi connectivity index (χ1n) is 6.78. The van der Waals surface area contributed by atoms with Gasteiger partial charge in [-0.05, 0) is 30.2 Å². The lowest BCUT2D eigenvalue weighted by Gasteiger charge is -2.26. The smallest absolute Gasteiger partial charge is 0.0540 e. The quantitative estimate of drug-likeness (QED) is 0.840. The molecule has 2 heteroatoms. The van der Waals surface area contributed by atoms with Crippen molar-refractivity contribution in [2.75, 3.05) is 20.2 Å². The summed E-state index contributed by atoms with van der Waals surface area (Å²) in [5.41, 5.74) is 2.62. The second-order valence-corrected chi connectivity index (χ2v) is 6.21. The fourth-order valence-electron chi connectivity index (χ4n) is 2.15. The molecule has 1 aromatic rings. The highest BCUT2D eigenvalue weighted by molar-refractivity contribution is 5.37. The molecule has 0 aliphatic rings. The topological polar surface area (TPSA) is 23.5 Å². The van der Waals surface area contributed by atoms with Gasteiger partial charge < -0.3 is 10.0 Å². The summed E-state index contributed by atoms with van der Waals surface area (Å²) in [7, 11) is 2.15. The maximum atomic E-state index is 8.72. The number of hydrogen-bond acceptors (Lipinski definition) is 2. The number of aliphatic hydroxyl groups excluding tert-OH is 1. The lowest BCUT2D eigenvalue weighted by molar-refractivity contribution is 0.221. The summed E-state index contributed by atoms with van der Waals surface area (Å²) in [6, 6.07) is 8.32. The third-order valence-corrected chi connectivity index (χ3v) is 2.59. The molecule has 2 nitrogen and oxygen atoms in total. The second kappa shape index (κ2) is 7.33. The van der Waals surface area contributed by atoms with Crippen LogP contribution in [0.2, 0.25) is 0 Å². The largest absolute Gasteiger partial charge is 0.395 e. The van der Waals surface area contributed by atoms with Gasteiger partial charge in [-0.3, -0.25) is 0 Å². The maximum absolute atomic E-state index is 8.72. The van der Waals surface area contributed by atoms with Gasteiger partial charge in [0.05, 0.1) is 6.61 Å². The van der Waals surface area contributed by atoms with Gasteiger partial charge in [-0.25, -0.2) is 0 Å². The number of benzene rings is 1. The van der Waals surface area contributed by atoms with Gasteiger partial charge in [-0.1, -0.05) is 44.7 Å². The van der Waals surface area contributed by atoms with Crippen LogP contribution in [0.3, 0.4) is 0 Å². The van der Waals surface area contributed by atoms with Gasteiger partial charge in [-0.2, -0.15) is 0 Å². The fraction of sp³-hybridized carbons (Fsp3) is 0.529. The zero-order valence-electron chi connectivity index (χ0n) is 12.5. The van der Waals surface area contributed by atoms with Gasteiger partial charge in [-0.15, -0.1) is 0 Å². The first kappa shape index (κ1) is 15.8. The number of rotatable bonds is 4. The number of aliphatic hydroxyl groups is 1. The van der Waals surface area contributed by atoms with E-state index in [0.29, 0.717) is 11.8 Å². The van der Waals surface area contributed by atoms with Crippen molar-refractivity contribution in [1.82, 2.24) is 4.90 Å². The average Bonchev–Trinajstić information content (AvgIpc) is 2.27. The van der Waals surface area contributed by atoms with Gasteiger partial charge in [0.15, 0.2) is 0 Å². The molecule has 0 saturated heterocycles. The Morgan fingerprint density at radius 2 is 2.00 bits per heavy atom. The predicted octanol–water partition coefficient (Wildman–Crippen LogP) is 2.90. The molecule has 0 atom stereocenters. The van der Waals surface area contributed by atoms with Crippen LogP contribution in [-0.2, 0) is 6.54 Å². The van der Waals surface area contributed by atoms with E-state index in [1.807, 2.05) is 12.1 Å². The summed E-state index contributed by atoms with van der Waals surface area (Å²) in [5.74, 6) is 6.04. The summed E-state index contributed by atoms with van der Waals surface area (Å²) >= 11 is 0. The standard InChI is InChI=1S/C17H25NO/c1-17(2,3)14-18(4)13-16-10-7-9-15(12-16)8-5-6-11-19/h7,9-10,12,19H,6,11,13-14H2,1-4H3. The summed E-state index contributed by atoms with van der Waals surface area (Å²) in [5, 5.41) is 8.72. The third kappa shape index (κ3) is 7.00. The van der Waals surface area contributed by atoms with Gasteiger partial charge >= 0.3 is 0 Å². The molecule has 0 aromatic heterocycles. The van der Waals surface area contributed by atoms with E-state index < -0.39 is 0 Å². The molecule has 0 radical (unpaired) electrons. The van der Waals surface area contributed by atoms with E-state index in [4.69, 9.17) is 5.11 Å². The van der Waals surface area contributed by atoms with Crippen LogP contribution < -0.4 is 0 Å². The first-order chi connectivity index (χ1) is 8.90. The van der Waals surface area contributed by atoms with Crippen LogP contribution in [0.15, 0.2) is 24.3 Å². The Morgan fingerprint density at radius 3 is 2.63 bits per heavy atom. The van der Waals surface area contributed by atoms with Crippen molar-refractivity contribution in [1.29, 1.82) is 0 Å². The molecule has 0 amide bonds. The van der Waals surface area contributed by atoms with E-state index in [1.54, 1.807) is 0 Å². The first-order valence-corrected chi connectivity index (χ1v) is 6.78. The zero-order chi connectivity index (χ0) is 14.3. The number of nitrogens with zero attached hydrogens (tertiary/aromatic N) is 1. The minimum Gasteiger partial charge on any atom is -0.395 e. The van der Waals surface area contributed by atoms with Crippen LogP contribution in [0.1, 0.15) is 38.3 Å². The summed E-state index contributed by atoms with van der Waals surface area (Å²) in [6.07, 6.45) is 0.536. The van der Waals surface area contributed by atoms with Crippen LogP contribution in [-0.4, -0.2) is 30.2 Å². The highest BCUT2D eigenvalue weighted by Gasteiger charge is 2.13. The van der Waals surface area contributed by atoms with Gasteiger partial charge in [0, 0.05) is 25.1 Å². The van der Waals surface area contributed by atoms with E-state index in [9.17, 15) is 0 Å². The van der Waals surface area contributed by atoms with E-state index in [0.717, 1.165) is 18.7 Å². The minimum atomic E-state index is 0.126. The Kier molecular flexibility index (Phi) is 6.08. The van der Waals surface area contributed by atoms with Gasteiger partial charge in [0.25, 0.3) is 0 Å². The molecule has 0 saturated carbocycles. The highest BCUT2D eigenvalue weighted by Crippen LogP contribution is 2.16. The van der Waals surface area contributed by atoms with E-state index in [2.05, 4.69) is 56.7 Å². The Bertz CT molecular complexity index is 448. The van der Waals surface area contributed by atoms with Crippen molar-refractivity contribution in [2.24, 2.45) is 5.41 Å². The van der Waals surface area contributed by atoms with Crippen LogP contribution in [0, 0.1) is 17.3 Å². The van der Waals surface area contributed by atoms with E-state index in [1.165, 1.54) is 5.56 Å². The van der Waals surface area contributed by atoms with Crippen molar-refractivity contribution >= 4 is 0 Å². The lowest BCUT2D eigenvalue weighted by Crippen LogP contribution is -2.28. The molecule has 19 heavy (non-hydrogen) atoms. The molecule has 1 rings (SSSR count). The SMILES string of the molecule is CN(Cc1cccc(C#CCCO)c1)CC(C)(C)C. The van der Waals surface area contributed by atoms with Crippen LogP contribution in [0.25, 0.3) is 0 Å². The average molecular weight is 259 g/mol.